The molecule has 2 heterocycles. The molecule has 0 aliphatic carbocycles. The van der Waals surface area contributed by atoms with Crippen LogP contribution >= 0.6 is 0 Å². The summed E-state index contributed by atoms with van der Waals surface area (Å²) in [5.74, 6) is -0.0552. The van der Waals surface area contributed by atoms with Crippen molar-refractivity contribution in [2.75, 3.05) is 0 Å². The number of nitrogens with zero attached hydrogens (tertiary/aromatic N) is 4. The smallest absolute Gasteiger partial charge is 0.296 e. The van der Waals surface area contributed by atoms with Crippen LogP contribution in [0.5, 0.6) is 0 Å². The van der Waals surface area contributed by atoms with E-state index in [0.29, 0.717) is 10.7 Å². The van der Waals surface area contributed by atoms with Crippen molar-refractivity contribution in [1.82, 2.24) is 19.7 Å². The van der Waals surface area contributed by atoms with E-state index in [2.05, 4.69) is 15.1 Å². The Kier molecular flexibility index (Phi) is 2.62. The number of hydrogen-bond donors (Lipinski definition) is 0. The maximum atomic E-state index is 12.7. The Hall–Kier alpha value is -2.25. The molecule has 0 spiro atoms. The van der Waals surface area contributed by atoms with Gasteiger partial charge in [-0.05, 0) is 6.07 Å². The Morgan fingerprint density at radius 1 is 1.35 bits per heavy atom. The number of aromatic nitrogens is 4. The van der Waals surface area contributed by atoms with Crippen LogP contribution in [0, 0.1) is 0 Å². The van der Waals surface area contributed by atoms with Gasteiger partial charge in [-0.15, -0.1) is 0 Å². The van der Waals surface area contributed by atoms with E-state index in [9.17, 15) is 18.0 Å². The third kappa shape index (κ3) is 2.14. The number of carbonyl (C=O) groups is 1. The average Bonchev–Trinajstić information content (AvgIpc) is 2.74. The molecule has 0 N–H and O–H groups in total. The topological polar surface area (TPSA) is 60.7 Å². The Morgan fingerprint density at radius 2 is 2.12 bits per heavy atom. The summed E-state index contributed by atoms with van der Waals surface area (Å²) in [7, 11) is 0. The van der Waals surface area contributed by atoms with Crippen molar-refractivity contribution in [3.63, 3.8) is 0 Å². The molecule has 5 nitrogen and oxygen atoms in total. The van der Waals surface area contributed by atoms with Crippen LogP contribution in [0.15, 0.2) is 24.7 Å². The number of rotatable bonds is 2. The van der Waals surface area contributed by atoms with Gasteiger partial charge >= 0.3 is 6.18 Å². The highest BCUT2D eigenvalue weighted by Gasteiger charge is 2.36. The van der Waals surface area contributed by atoms with Gasteiger partial charge in [0.15, 0.2) is 17.8 Å². The maximum absolute atomic E-state index is 12.7. The lowest BCUT2D eigenvalue weighted by Gasteiger charge is -2.08. The molecule has 0 bridgehead atoms. The van der Waals surface area contributed by atoms with Gasteiger partial charge < -0.3 is 0 Å². The predicted molar refractivity (Wildman–Crippen MR) is 49.5 cm³/mol. The first-order chi connectivity index (χ1) is 8.02. The van der Waals surface area contributed by atoms with Crippen LogP contribution in [0.3, 0.4) is 0 Å². The zero-order valence-electron chi connectivity index (χ0n) is 8.22. The van der Waals surface area contributed by atoms with Crippen LogP contribution in [-0.4, -0.2) is 26.0 Å². The van der Waals surface area contributed by atoms with Gasteiger partial charge in [-0.3, -0.25) is 4.79 Å². The summed E-state index contributed by atoms with van der Waals surface area (Å²) in [6.07, 6.45) is -1.99. The largest absolute Gasteiger partial charge is 0.433 e. The molecule has 0 saturated heterocycles. The van der Waals surface area contributed by atoms with E-state index in [-0.39, 0.29) is 17.8 Å². The van der Waals surface area contributed by atoms with Gasteiger partial charge in [0, 0.05) is 12.3 Å². The fourth-order valence-corrected chi connectivity index (χ4v) is 1.24. The van der Waals surface area contributed by atoms with Crippen molar-refractivity contribution in [3.8, 4) is 5.82 Å². The van der Waals surface area contributed by atoms with Gasteiger partial charge in [0.2, 0.25) is 0 Å². The van der Waals surface area contributed by atoms with Crippen molar-refractivity contribution in [1.29, 1.82) is 0 Å². The lowest BCUT2D eigenvalue weighted by atomic mass is 10.3. The molecule has 17 heavy (non-hydrogen) atoms. The highest BCUT2D eigenvalue weighted by molar-refractivity contribution is 5.72. The number of alkyl halides is 3. The van der Waals surface area contributed by atoms with Crippen LogP contribution < -0.4 is 0 Å². The highest BCUT2D eigenvalue weighted by Crippen LogP contribution is 2.30. The van der Waals surface area contributed by atoms with Crippen molar-refractivity contribution in [2.24, 2.45) is 0 Å². The molecule has 8 heteroatoms. The molecule has 2 aromatic rings. The minimum Gasteiger partial charge on any atom is -0.296 e. The first kappa shape index (κ1) is 11.2. The maximum Gasteiger partial charge on any atom is 0.433 e. The van der Waals surface area contributed by atoms with E-state index in [1.165, 1.54) is 12.3 Å². The summed E-state index contributed by atoms with van der Waals surface area (Å²) >= 11 is 0. The SMILES string of the molecule is O=Cc1cc(C(F)(F)F)n(-c2ccncn2)n1. The molecule has 0 aliphatic rings. The van der Waals surface area contributed by atoms with Crippen LogP contribution in [-0.2, 0) is 6.18 Å². The molecule has 0 fully saturated rings. The molecule has 0 aliphatic heterocycles. The van der Waals surface area contributed by atoms with E-state index >= 15 is 0 Å². The van der Waals surface area contributed by atoms with E-state index in [0.717, 1.165) is 6.33 Å². The van der Waals surface area contributed by atoms with Gasteiger partial charge in [-0.25, -0.2) is 14.6 Å². The molecule has 0 amide bonds. The van der Waals surface area contributed by atoms with E-state index in [1.807, 2.05) is 0 Å². The zero-order chi connectivity index (χ0) is 12.5. The van der Waals surface area contributed by atoms with Crippen LogP contribution in [0.1, 0.15) is 16.2 Å². The van der Waals surface area contributed by atoms with E-state index < -0.39 is 11.9 Å². The first-order valence-electron chi connectivity index (χ1n) is 4.41. The van der Waals surface area contributed by atoms with Crippen molar-refractivity contribution in [2.45, 2.75) is 6.18 Å². The molecule has 2 aromatic heterocycles. The Labute approximate surface area is 92.9 Å². The van der Waals surface area contributed by atoms with Crippen LogP contribution in [0.4, 0.5) is 13.2 Å². The molecule has 88 valence electrons. The number of carbonyl (C=O) groups excluding carboxylic acids is 1. The van der Waals surface area contributed by atoms with Crippen molar-refractivity contribution >= 4 is 6.29 Å². The number of halogens is 3. The lowest BCUT2D eigenvalue weighted by Crippen LogP contribution is -2.14. The summed E-state index contributed by atoms with van der Waals surface area (Å²) in [4.78, 5) is 17.7. The van der Waals surface area contributed by atoms with Gasteiger partial charge in [0.1, 0.15) is 12.0 Å². The van der Waals surface area contributed by atoms with E-state index in [4.69, 9.17) is 0 Å². The summed E-state index contributed by atoms with van der Waals surface area (Å²) in [6, 6.07) is 1.92. The fraction of sp³-hybridized carbons (Fsp3) is 0.111. The molecule has 0 unspecified atom stereocenters. The third-order valence-electron chi connectivity index (χ3n) is 1.92. The monoisotopic (exact) mass is 242 g/mol. The molecule has 2 rings (SSSR count). The molecule has 0 atom stereocenters. The zero-order valence-corrected chi connectivity index (χ0v) is 8.22. The first-order valence-corrected chi connectivity index (χ1v) is 4.41. The summed E-state index contributed by atoms with van der Waals surface area (Å²) < 4.78 is 38.6. The van der Waals surface area contributed by atoms with Crippen LogP contribution in [0.25, 0.3) is 5.82 Å². The minimum atomic E-state index is -4.61. The lowest BCUT2D eigenvalue weighted by molar-refractivity contribution is -0.142. The van der Waals surface area contributed by atoms with Gasteiger partial charge in [-0.2, -0.15) is 18.3 Å². The molecular weight excluding hydrogens is 237 g/mol. The highest BCUT2D eigenvalue weighted by atomic mass is 19.4. The standard InChI is InChI=1S/C9H5F3N4O/c10-9(11,12)7-3-6(4-17)15-16(7)8-1-2-13-5-14-8/h1-5H. The second-order valence-corrected chi connectivity index (χ2v) is 3.05. The van der Waals surface area contributed by atoms with Crippen molar-refractivity contribution in [3.05, 3.63) is 36.0 Å². The summed E-state index contributed by atoms with van der Waals surface area (Å²) in [6.45, 7) is 0. The molecule has 0 aromatic carbocycles. The Balaban J connectivity index is 2.61. The normalized spacial score (nSPS) is 11.5. The van der Waals surface area contributed by atoms with Crippen molar-refractivity contribution < 1.29 is 18.0 Å². The molecule has 0 saturated carbocycles. The second kappa shape index (κ2) is 3.96. The fourth-order valence-electron chi connectivity index (χ4n) is 1.24. The number of aldehydes is 1. The molecular formula is C9H5F3N4O. The van der Waals surface area contributed by atoms with Gasteiger partial charge in [-0.1, -0.05) is 0 Å². The molecule has 0 radical (unpaired) electrons. The third-order valence-corrected chi connectivity index (χ3v) is 1.92. The van der Waals surface area contributed by atoms with Gasteiger partial charge in [0.05, 0.1) is 0 Å². The summed E-state index contributed by atoms with van der Waals surface area (Å²) in [5, 5.41) is 3.50. The van der Waals surface area contributed by atoms with Gasteiger partial charge in [0.25, 0.3) is 0 Å². The Morgan fingerprint density at radius 3 is 2.65 bits per heavy atom. The second-order valence-electron chi connectivity index (χ2n) is 3.05. The predicted octanol–water partition coefficient (Wildman–Crippen LogP) is 1.49. The summed E-state index contributed by atoms with van der Waals surface area (Å²) in [5.41, 5.74) is -1.37. The van der Waals surface area contributed by atoms with Crippen LogP contribution in [0.2, 0.25) is 0 Å². The Bertz CT molecular complexity index is 535. The quantitative estimate of drug-likeness (QED) is 0.748. The average molecular weight is 242 g/mol. The van der Waals surface area contributed by atoms with E-state index in [1.54, 1.807) is 0 Å². The minimum absolute atomic E-state index is 0.0552. The number of hydrogen-bond acceptors (Lipinski definition) is 4.